The van der Waals surface area contributed by atoms with Gasteiger partial charge in [-0.3, -0.25) is 15.1 Å². The average molecular weight is 914 g/mol. The number of nitro benzene ring substituents is 1. The lowest BCUT2D eigenvalue weighted by atomic mass is 10.1. The molecular weight excluding hydrogens is 880 g/mol. The Labute approximate surface area is 359 Å². The lowest BCUT2D eigenvalue weighted by molar-refractivity contribution is -0.385. The highest BCUT2D eigenvalue weighted by Crippen LogP contribution is 2.37. The van der Waals surface area contributed by atoms with Gasteiger partial charge in [0.05, 0.1) is 27.1 Å². The van der Waals surface area contributed by atoms with Gasteiger partial charge < -0.3 is 33.9 Å². The quantitative estimate of drug-likeness (QED) is 0.0640. The van der Waals surface area contributed by atoms with Crippen LogP contribution >= 0.6 is 34.8 Å². The molecule has 0 amide bonds. The Morgan fingerprint density at radius 2 is 1.54 bits per heavy atom. The maximum Gasteiger partial charge on any atom is 0.416 e. The van der Waals surface area contributed by atoms with Gasteiger partial charge in [0.2, 0.25) is 0 Å². The Kier molecular flexibility index (Phi) is 17.9. The Bertz CT molecular complexity index is 2400. The van der Waals surface area contributed by atoms with Crippen LogP contribution < -0.4 is 14.2 Å². The van der Waals surface area contributed by atoms with Crippen LogP contribution in [0.3, 0.4) is 0 Å². The number of benzene rings is 4. The first-order valence-electron chi connectivity index (χ1n) is 17.4. The van der Waals surface area contributed by atoms with Crippen molar-refractivity contribution in [1.82, 2.24) is 4.98 Å². The number of hydrogen-bond acceptors (Lipinski definition) is 12. The van der Waals surface area contributed by atoms with Crippen LogP contribution in [-0.2, 0) is 30.0 Å². The number of aromatic nitrogens is 1. The number of halogens is 6. The van der Waals surface area contributed by atoms with E-state index in [1.807, 2.05) is 6.92 Å². The maximum absolute atomic E-state index is 12.8. The third kappa shape index (κ3) is 14.7. The van der Waals surface area contributed by atoms with Gasteiger partial charge in [-0.2, -0.15) is 13.2 Å². The molecule has 0 saturated heterocycles. The minimum absolute atomic E-state index is 0.0398. The van der Waals surface area contributed by atoms with Gasteiger partial charge in [-0.15, -0.1) is 0 Å². The molecule has 0 spiro atoms. The van der Waals surface area contributed by atoms with Gasteiger partial charge >= 0.3 is 30.1 Å². The predicted octanol–water partition coefficient (Wildman–Crippen LogP) is 10.0. The molecule has 2 unspecified atom stereocenters. The van der Waals surface area contributed by atoms with Gasteiger partial charge in [0, 0.05) is 28.7 Å². The summed E-state index contributed by atoms with van der Waals surface area (Å²) >= 11 is 17.6. The van der Waals surface area contributed by atoms with Crippen molar-refractivity contribution in [1.29, 1.82) is 0 Å². The van der Waals surface area contributed by atoms with Gasteiger partial charge in [-0.1, -0.05) is 34.8 Å². The van der Waals surface area contributed by atoms with E-state index in [-0.39, 0.29) is 23.1 Å². The lowest BCUT2D eigenvalue weighted by Gasteiger charge is -2.13. The summed E-state index contributed by atoms with van der Waals surface area (Å²) in [5.74, 6) is -3.41. The molecule has 324 valence electrons. The monoisotopic (exact) mass is 912 g/mol. The smallest absolute Gasteiger partial charge is 0.416 e. The van der Waals surface area contributed by atoms with E-state index < -0.39 is 70.6 Å². The summed E-state index contributed by atoms with van der Waals surface area (Å²) in [6, 6.07) is 17.3. The van der Waals surface area contributed by atoms with Crippen molar-refractivity contribution in [3.8, 4) is 23.0 Å². The van der Waals surface area contributed by atoms with Crippen molar-refractivity contribution in [3.63, 3.8) is 0 Å². The standard InChI is InChI=1S/C19H15ClF3NO7.C11H8ClNO3.C10H11ClO3/c1-3-29-17(25)10(2)30-18(26)13-9-12(5-6-15(13)24(27)28)31-16-7-4-11(8-14(16)20)19(21,22)23;12-8-3-4-9(16-6-10(14)15)11-7(8)2-1-5-13-11;1-6-5-8(11)3-4-9(6)14-7(2)10(12)13/h4-10H,3H2,1-2H3;1-5H,6H2,(H,14,15);3-5,7H,1-2H3,(H,12,13). The second kappa shape index (κ2) is 22.3. The number of nitrogens with zero attached hydrogens (tertiary/aromatic N) is 2. The lowest BCUT2D eigenvalue weighted by Crippen LogP contribution is -2.26. The summed E-state index contributed by atoms with van der Waals surface area (Å²) in [4.78, 5) is 59.4. The third-order valence-electron chi connectivity index (χ3n) is 7.59. The van der Waals surface area contributed by atoms with Gasteiger partial charge in [0.1, 0.15) is 34.1 Å². The zero-order chi connectivity index (χ0) is 45.6. The molecule has 21 heteroatoms. The van der Waals surface area contributed by atoms with Gasteiger partial charge in [0.15, 0.2) is 18.8 Å². The topological polar surface area (TPSA) is 211 Å². The Morgan fingerprint density at radius 3 is 2.13 bits per heavy atom. The first-order valence-corrected chi connectivity index (χ1v) is 18.5. The molecule has 2 atom stereocenters. The number of ether oxygens (including phenoxy) is 5. The SMILES string of the molecule is CCOC(=O)C(C)OC(=O)c1cc(Oc2ccc(C(F)(F)F)cc2Cl)ccc1[N+](=O)[O-].Cc1cc(Cl)ccc1OC(C)C(=O)O.O=C(O)COc1ccc(Cl)c2cccnc12. The van der Waals surface area contributed by atoms with Crippen LogP contribution in [-0.4, -0.2) is 69.4 Å². The first kappa shape index (κ1) is 49.0. The molecule has 15 nitrogen and oxygen atoms in total. The van der Waals surface area contributed by atoms with Gasteiger partial charge in [0.25, 0.3) is 5.69 Å². The highest BCUT2D eigenvalue weighted by atomic mass is 35.5. The molecule has 1 aromatic heterocycles. The minimum Gasteiger partial charge on any atom is -0.480 e. The van der Waals surface area contributed by atoms with E-state index in [0.717, 1.165) is 41.3 Å². The molecule has 0 aliphatic carbocycles. The molecular formula is C40H34Cl3F3N2O13. The van der Waals surface area contributed by atoms with Crippen LogP contribution in [0, 0.1) is 17.0 Å². The molecule has 1 heterocycles. The molecule has 0 bridgehead atoms. The maximum atomic E-state index is 12.8. The molecule has 5 aromatic rings. The molecule has 0 saturated carbocycles. The summed E-state index contributed by atoms with van der Waals surface area (Å²) in [6.07, 6.45) is -5.19. The number of aliphatic carboxylic acids is 2. The summed E-state index contributed by atoms with van der Waals surface area (Å²) in [5.41, 5.74) is -0.777. The number of esters is 2. The van der Waals surface area contributed by atoms with Gasteiger partial charge in [-0.05, 0) is 100.0 Å². The number of hydrogen-bond donors (Lipinski definition) is 2. The zero-order valence-corrected chi connectivity index (χ0v) is 34.5. The van der Waals surface area contributed by atoms with Crippen LogP contribution in [0.15, 0.2) is 85.1 Å². The number of pyridine rings is 1. The number of carboxylic acid groups (broad SMARTS) is 2. The van der Waals surface area contributed by atoms with E-state index in [1.165, 1.54) is 13.8 Å². The van der Waals surface area contributed by atoms with Crippen molar-refractivity contribution in [2.45, 2.75) is 46.1 Å². The number of nitro groups is 1. The Morgan fingerprint density at radius 1 is 0.869 bits per heavy atom. The van der Waals surface area contributed by atoms with Crippen molar-refractivity contribution >= 4 is 75.3 Å². The van der Waals surface area contributed by atoms with Crippen molar-refractivity contribution in [2.24, 2.45) is 0 Å². The predicted molar refractivity (Wildman–Crippen MR) is 215 cm³/mol. The van der Waals surface area contributed by atoms with Gasteiger partial charge in [-0.25, -0.2) is 19.2 Å². The van der Waals surface area contributed by atoms with Crippen molar-refractivity contribution < 1.29 is 71.2 Å². The van der Waals surface area contributed by atoms with E-state index in [1.54, 1.807) is 55.6 Å². The van der Waals surface area contributed by atoms with E-state index in [4.69, 9.17) is 68.7 Å². The highest BCUT2D eigenvalue weighted by molar-refractivity contribution is 6.35. The average Bonchev–Trinajstić information content (AvgIpc) is 3.19. The second-order valence-corrected chi connectivity index (χ2v) is 13.4. The van der Waals surface area contributed by atoms with Crippen LogP contribution in [0.2, 0.25) is 15.1 Å². The summed E-state index contributed by atoms with van der Waals surface area (Å²) in [6.45, 7) is 5.71. The summed E-state index contributed by atoms with van der Waals surface area (Å²) in [5, 5.41) is 30.0. The number of carbonyl (C=O) groups is 4. The fourth-order valence-electron chi connectivity index (χ4n) is 4.67. The Balaban J connectivity index is 0.000000274. The van der Waals surface area contributed by atoms with Crippen LogP contribution in [0.4, 0.5) is 18.9 Å². The molecule has 0 aliphatic rings. The van der Waals surface area contributed by atoms with E-state index in [2.05, 4.69) is 4.98 Å². The molecule has 2 N–H and O–H groups in total. The Hall–Kier alpha value is -6.37. The zero-order valence-electron chi connectivity index (χ0n) is 32.2. The number of carboxylic acids is 2. The fraction of sp³-hybridized carbons (Fsp3) is 0.225. The number of fused-ring (bicyclic) bond motifs is 1. The van der Waals surface area contributed by atoms with Crippen molar-refractivity contribution in [3.05, 3.63) is 127 Å². The van der Waals surface area contributed by atoms with Crippen LogP contribution in [0.5, 0.6) is 23.0 Å². The number of carbonyl (C=O) groups excluding carboxylic acids is 2. The summed E-state index contributed by atoms with van der Waals surface area (Å²) < 4.78 is 63.5. The van der Waals surface area contributed by atoms with E-state index in [9.17, 15) is 42.5 Å². The van der Waals surface area contributed by atoms with Crippen LogP contribution in [0.1, 0.15) is 42.3 Å². The molecule has 0 aliphatic heterocycles. The summed E-state index contributed by atoms with van der Waals surface area (Å²) in [7, 11) is 0. The molecule has 61 heavy (non-hydrogen) atoms. The van der Waals surface area contributed by atoms with E-state index in [0.29, 0.717) is 33.1 Å². The molecule has 0 radical (unpaired) electrons. The van der Waals surface area contributed by atoms with Crippen LogP contribution in [0.25, 0.3) is 10.9 Å². The number of alkyl halides is 3. The first-order chi connectivity index (χ1) is 28.6. The molecule has 5 rings (SSSR count). The highest BCUT2D eigenvalue weighted by Gasteiger charge is 2.31. The normalized spacial score (nSPS) is 11.6. The molecule has 0 fully saturated rings. The molecule has 4 aromatic carbocycles. The number of rotatable bonds is 13. The third-order valence-corrected chi connectivity index (χ3v) is 8.45. The fourth-order valence-corrected chi connectivity index (χ4v) is 5.34. The van der Waals surface area contributed by atoms with Crippen molar-refractivity contribution in [2.75, 3.05) is 13.2 Å². The largest absolute Gasteiger partial charge is 0.480 e. The minimum atomic E-state index is -4.61. The number of aryl methyl sites for hydroxylation is 1. The second-order valence-electron chi connectivity index (χ2n) is 12.1. The van der Waals surface area contributed by atoms with E-state index >= 15 is 0 Å².